The molecular formula is C14H11F2N5. The number of benzene rings is 2. The van der Waals surface area contributed by atoms with Crippen molar-refractivity contribution >= 4 is 5.69 Å². The van der Waals surface area contributed by atoms with Crippen LogP contribution in [0.5, 0.6) is 0 Å². The molecule has 3 rings (SSSR count). The maximum atomic E-state index is 13.5. The number of tetrazole rings is 1. The van der Waals surface area contributed by atoms with E-state index in [2.05, 4.69) is 15.5 Å². The summed E-state index contributed by atoms with van der Waals surface area (Å²) in [6, 6.07) is 8.66. The lowest BCUT2D eigenvalue weighted by Gasteiger charge is -2.07. The van der Waals surface area contributed by atoms with Crippen molar-refractivity contribution in [2.75, 3.05) is 5.73 Å². The van der Waals surface area contributed by atoms with Gasteiger partial charge in [-0.3, -0.25) is 0 Å². The Morgan fingerprint density at radius 1 is 1.10 bits per heavy atom. The number of rotatable bonds is 2. The monoisotopic (exact) mass is 287 g/mol. The lowest BCUT2D eigenvalue weighted by Crippen LogP contribution is -2.02. The van der Waals surface area contributed by atoms with Crippen molar-refractivity contribution in [3.63, 3.8) is 0 Å². The fourth-order valence-electron chi connectivity index (χ4n) is 2.06. The van der Waals surface area contributed by atoms with E-state index < -0.39 is 5.82 Å². The third kappa shape index (κ3) is 2.45. The van der Waals surface area contributed by atoms with Crippen LogP contribution in [0.4, 0.5) is 14.5 Å². The van der Waals surface area contributed by atoms with Gasteiger partial charge in [-0.1, -0.05) is 0 Å². The molecule has 3 aromatic rings. The molecule has 0 saturated heterocycles. The minimum atomic E-state index is -0.514. The zero-order valence-corrected chi connectivity index (χ0v) is 11.1. The molecule has 0 amide bonds. The first-order valence-corrected chi connectivity index (χ1v) is 6.16. The topological polar surface area (TPSA) is 69.6 Å². The average Bonchev–Trinajstić information content (AvgIpc) is 2.90. The summed E-state index contributed by atoms with van der Waals surface area (Å²) in [5, 5.41) is 11.3. The van der Waals surface area contributed by atoms with Crippen LogP contribution in [0.1, 0.15) is 5.56 Å². The Balaban J connectivity index is 2.14. The van der Waals surface area contributed by atoms with Crippen molar-refractivity contribution in [3.05, 3.63) is 53.6 Å². The second-order valence-electron chi connectivity index (χ2n) is 4.64. The third-order valence-corrected chi connectivity index (χ3v) is 3.00. The van der Waals surface area contributed by atoms with Gasteiger partial charge in [0.25, 0.3) is 0 Å². The quantitative estimate of drug-likeness (QED) is 0.735. The summed E-state index contributed by atoms with van der Waals surface area (Å²) < 4.78 is 28.1. The molecule has 5 nitrogen and oxygen atoms in total. The smallest absolute Gasteiger partial charge is 0.187 e. The van der Waals surface area contributed by atoms with Gasteiger partial charge in [-0.25, -0.2) is 8.78 Å². The van der Waals surface area contributed by atoms with Crippen LogP contribution in [0.3, 0.4) is 0 Å². The molecule has 21 heavy (non-hydrogen) atoms. The number of hydrogen-bond donors (Lipinski definition) is 1. The van der Waals surface area contributed by atoms with E-state index in [0.717, 1.165) is 5.56 Å². The van der Waals surface area contributed by atoms with Crippen LogP contribution in [0.25, 0.3) is 17.1 Å². The molecule has 2 aromatic carbocycles. The fraction of sp³-hybridized carbons (Fsp3) is 0.0714. The molecule has 0 unspecified atom stereocenters. The first kappa shape index (κ1) is 13.2. The van der Waals surface area contributed by atoms with Crippen LogP contribution in [-0.2, 0) is 0 Å². The van der Waals surface area contributed by atoms with Gasteiger partial charge in [0.15, 0.2) is 5.82 Å². The molecule has 0 aliphatic heterocycles. The maximum Gasteiger partial charge on any atom is 0.187 e. The van der Waals surface area contributed by atoms with Gasteiger partial charge >= 0.3 is 0 Å². The van der Waals surface area contributed by atoms with E-state index in [4.69, 9.17) is 5.73 Å². The molecule has 7 heteroatoms. The lowest BCUT2D eigenvalue weighted by atomic mass is 10.1. The molecule has 0 radical (unpaired) electrons. The van der Waals surface area contributed by atoms with E-state index >= 15 is 0 Å². The van der Waals surface area contributed by atoms with Gasteiger partial charge < -0.3 is 5.73 Å². The van der Waals surface area contributed by atoms with Gasteiger partial charge in [-0.15, -0.1) is 5.10 Å². The van der Waals surface area contributed by atoms with Crippen LogP contribution in [-0.4, -0.2) is 20.2 Å². The Kier molecular flexibility index (Phi) is 3.09. The van der Waals surface area contributed by atoms with Crippen LogP contribution in [0, 0.1) is 18.6 Å². The summed E-state index contributed by atoms with van der Waals surface area (Å²) in [5.74, 6) is -0.545. The van der Waals surface area contributed by atoms with Gasteiger partial charge in [-0.2, -0.15) is 4.68 Å². The average molecular weight is 287 g/mol. The van der Waals surface area contributed by atoms with Gasteiger partial charge in [-0.05, 0) is 59.3 Å². The number of nitrogens with zero attached hydrogens (tertiary/aromatic N) is 4. The van der Waals surface area contributed by atoms with Crippen molar-refractivity contribution in [1.82, 2.24) is 20.2 Å². The lowest BCUT2D eigenvalue weighted by molar-refractivity contribution is 0.623. The molecule has 0 atom stereocenters. The van der Waals surface area contributed by atoms with Crippen molar-refractivity contribution < 1.29 is 8.78 Å². The highest BCUT2D eigenvalue weighted by molar-refractivity contribution is 5.63. The Bertz CT molecular complexity index is 793. The predicted molar refractivity (Wildman–Crippen MR) is 73.7 cm³/mol. The van der Waals surface area contributed by atoms with E-state index in [1.165, 1.54) is 35.0 Å². The van der Waals surface area contributed by atoms with Gasteiger partial charge in [0.2, 0.25) is 0 Å². The SMILES string of the molecule is Cc1cc(F)cc(-n2nnnc2-c2ccc(F)c(N)c2)c1. The number of nitrogen functional groups attached to an aromatic ring is 1. The first-order chi connectivity index (χ1) is 10.0. The van der Waals surface area contributed by atoms with Gasteiger partial charge in [0, 0.05) is 5.56 Å². The minimum Gasteiger partial charge on any atom is -0.396 e. The van der Waals surface area contributed by atoms with Crippen molar-refractivity contribution in [2.24, 2.45) is 0 Å². The number of aromatic nitrogens is 4. The van der Waals surface area contributed by atoms with Gasteiger partial charge in [0.05, 0.1) is 11.4 Å². The molecule has 0 bridgehead atoms. The number of hydrogen-bond acceptors (Lipinski definition) is 4. The molecule has 1 aromatic heterocycles. The minimum absolute atomic E-state index is 0.00234. The summed E-state index contributed by atoms with van der Waals surface area (Å²) in [7, 11) is 0. The zero-order valence-electron chi connectivity index (χ0n) is 11.1. The zero-order chi connectivity index (χ0) is 15.0. The van der Waals surface area contributed by atoms with Crippen LogP contribution in [0.2, 0.25) is 0 Å². The Morgan fingerprint density at radius 2 is 1.90 bits per heavy atom. The molecule has 2 N–H and O–H groups in total. The highest BCUT2D eigenvalue weighted by Gasteiger charge is 2.13. The van der Waals surface area contributed by atoms with Crippen LogP contribution >= 0.6 is 0 Å². The highest BCUT2D eigenvalue weighted by atomic mass is 19.1. The van der Waals surface area contributed by atoms with Crippen molar-refractivity contribution in [2.45, 2.75) is 6.92 Å². The third-order valence-electron chi connectivity index (χ3n) is 3.00. The number of aryl methyl sites for hydroxylation is 1. The summed E-state index contributed by atoms with van der Waals surface area (Å²) >= 11 is 0. The largest absolute Gasteiger partial charge is 0.396 e. The van der Waals surface area contributed by atoms with Crippen molar-refractivity contribution in [1.29, 1.82) is 0 Å². The number of nitrogens with two attached hydrogens (primary N) is 1. The number of anilines is 1. The molecular weight excluding hydrogens is 276 g/mol. The second kappa shape index (κ2) is 4.93. The van der Waals surface area contributed by atoms with E-state index in [1.54, 1.807) is 13.0 Å². The normalized spacial score (nSPS) is 10.8. The van der Waals surface area contributed by atoms with E-state index in [-0.39, 0.29) is 11.5 Å². The van der Waals surface area contributed by atoms with Crippen molar-refractivity contribution in [3.8, 4) is 17.1 Å². The molecule has 0 saturated carbocycles. The van der Waals surface area contributed by atoms with Crippen LogP contribution < -0.4 is 5.73 Å². The van der Waals surface area contributed by atoms with E-state index in [1.807, 2.05) is 0 Å². The summed E-state index contributed by atoms with van der Waals surface area (Å²) in [5.41, 5.74) is 7.31. The number of halogens is 2. The Hall–Kier alpha value is -2.83. The maximum absolute atomic E-state index is 13.5. The standard InChI is InChI=1S/C14H11F2N5/c1-8-4-10(15)7-11(5-8)21-14(18-19-20-21)9-2-3-12(16)13(17)6-9/h2-7H,17H2,1H3. The molecule has 106 valence electrons. The predicted octanol–water partition coefficient (Wildman–Crippen LogP) is 2.50. The molecule has 1 heterocycles. The molecule has 0 spiro atoms. The molecule has 0 aliphatic rings. The van der Waals surface area contributed by atoms with E-state index in [9.17, 15) is 8.78 Å². The Morgan fingerprint density at radius 3 is 2.62 bits per heavy atom. The summed E-state index contributed by atoms with van der Waals surface area (Å²) in [6.07, 6.45) is 0. The van der Waals surface area contributed by atoms with Gasteiger partial charge in [0.1, 0.15) is 11.6 Å². The van der Waals surface area contributed by atoms with Crippen LogP contribution in [0.15, 0.2) is 36.4 Å². The molecule has 0 fully saturated rings. The molecule has 0 aliphatic carbocycles. The Labute approximate surface area is 119 Å². The summed E-state index contributed by atoms with van der Waals surface area (Å²) in [4.78, 5) is 0. The summed E-state index contributed by atoms with van der Waals surface area (Å²) in [6.45, 7) is 1.77. The fourth-order valence-corrected chi connectivity index (χ4v) is 2.06. The van der Waals surface area contributed by atoms with E-state index in [0.29, 0.717) is 17.1 Å². The highest BCUT2D eigenvalue weighted by Crippen LogP contribution is 2.23. The first-order valence-electron chi connectivity index (χ1n) is 6.16. The second-order valence-corrected chi connectivity index (χ2v) is 4.64.